The molecule has 0 rings (SSSR count). The minimum atomic E-state index is 0.839. The molecule has 0 nitrogen and oxygen atoms in total. The molecule has 2 heteroatoms. The van der Waals surface area contributed by atoms with Crippen molar-refractivity contribution in [3.63, 3.8) is 0 Å². The zero-order valence-electron chi connectivity index (χ0n) is 13.3. The predicted molar refractivity (Wildman–Crippen MR) is 95.4 cm³/mol. The maximum absolute atomic E-state index is 5.66. The number of rotatable bonds is 16. The number of halogens is 1. The van der Waals surface area contributed by atoms with Crippen molar-refractivity contribution >= 4 is 20.3 Å². The molecule has 0 bridgehead atoms. The van der Waals surface area contributed by atoms with Gasteiger partial charge in [-0.2, -0.15) is 0 Å². The topological polar surface area (TPSA) is 0 Å². The summed E-state index contributed by atoms with van der Waals surface area (Å²) in [6.45, 7) is 0. The van der Waals surface area contributed by atoms with E-state index < -0.39 is 0 Å². The number of unbranched alkanes of at least 4 members (excludes halogenated alkanes) is 15. The molecule has 0 saturated heterocycles. The minimum absolute atomic E-state index is 0.839. The summed E-state index contributed by atoms with van der Waals surface area (Å²) in [5.74, 6) is 0.839. The molecular weight excluding hydrogens is 283 g/mol. The van der Waals surface area contributed by atoms with Gasteiger partial charge in [-0.1, -0.05) is 25.7 Å². The monoisotopic (exact) mass is 316 g/mol. The van der Waals surface area contributed by atoms with Gasteiger partial charge in [-0.25, -0.2) is 0 Å². The number of hydrogen-bond donors (Lipinski definition) is 0. The van der Waals surface area contributed by atoms with Gasteiger partial charge in [0, 0.05) is 5.88 Å². The standard InChI is InChI=1S/C18H34ClP/c19-17-15-13-11-9-7-5-3-1-2-4-6-8-10-12-14-16-18-20/h1-17H2. The first kappa shape index (κ1) is 20.5. The van der Waals surface area contributed by atoms with Crippen LogP contribution in [0.5, 0.6) is 0 Å². The van der Waals surface area contributed by atoms with Gasteiger partial charge in [-0.15, -0.1) is 11.6 Å². The van der Waals surface area contributed by atoms with E-state index in [2.05, 4.69) is 14.3 Å². The second-order valence-electron chi connectivity index (χ2n) is 5.90. The Hall–Kier alpha value is 0.500. The summed E-state index contributed by atoms with van der Waals surface area (Å²) >= 11 is 5.66. The first-order chi connectivity index (χ1) is 9.91. The van der Waals surface area contributed by atoms with E-state index >= 15 is 0 Å². The van der Waals surface area contributed by atoms with Crippen molar-refractivity contribution in [2.45, 2.75) is 103 Å². The third kappa shape index (κ3) is 18.5. The Morgan fingerprint density at radius 1 is 0.500 bits per heavy atom. The molecule has 0 amide bonds. The molecule has 0 unspecified atom stereocenters. The summed E-state index contributed by atoms with van der Waals surface area (Å²) in [6.07, 6.45) is 21.9. The summed E-state index contributed by atoms with van der Waals surface area (Å²) in [6, 6.07) is 0. The van der Waals surface area contributed by atoms with Crippen molar-refractivity contribution in [2.75, 3.05) is 5.88 Å². The quantitative estimate of drug-likeness (QED) is 0.154. The van der Waals surface area contributed by atoms with Crippen molar-refractivity contribution in [2.24, 2.45) is 0 Å². The molecule has 0 saturated carbocycles. The van der Waals surface area contributed by atoms with Crippen LogP contribution < -0.4 is 0 Å². The summed E-state index contributed by atoms with van der Waals surface area (Å²) in [5, 5.41) is 0. The second kappa shape index (κ2) is 19.5. The Kier molecular flexibility index (Phi) is 20.0. The third-order valence-corrected chi connectivity index (χ3v) is 4.41. The Morgan fingerprint density at radius 2 is 0.800 bits per heavy atom. The molecule has 0 aliphatic carbocycles. The smallest absolute Gasteiger partial charge is 0.127 e. The van der Waals surface area contributed by atoms with E-state index in [0.29, 0.717) is 0 Å². The van der Waals surface area contributed by atoms with E-state index in [4.69, 9.17) is 11.6 Å². The Labute approximate surface area is 134 Å². The van der Waals surface area contributed by atoms with Gasteiger partial charge < -0.3 is 0 Å². The summed E-state index contributed by atoms with van der Waals surface area (Å²) in [7, 11) is 3.99. The van der Waals surface area contributed by atoms with Crippen molar-refractivity contribution < 1.29 is 0 Å². The van der Waals surface area contributed by atoms with Crippen molar-refractivity contribution in [3.05, 3.63) is 0 Å². The Morgan fingerprint density at radius 3 is 1.10 bits per heavy atom. The molecule has 118 valence electrons. The van der Waals surface area contributed by atoms with Crippen molar-refractivity contribution in [1.82, 2.24) is 0 Å². The fourth-order valence-electron chi connectivity index (χ4n) is 2.60. The zero-order valence-corrected chi connectivity index (χ0v) is 15.0. The number of alkyl halides is 1. The fourth-order valence-corrected chi connectivity index (χ4v) is 2.94. The summed E-state index contributed by atoms with van der Waals surface area (Å²) in [4.78, 5) is 0. The van der Waals surface area contributed by atoms with Crippen LogP contribution in [-0.4, -0.2) is 5.88 Å². The summed E-state index contributed by atoms with van der Waals surface area (Å²) < 4.78 is 0. The van der Waals surface area contributed by atoms with Crippen LogP contribution in [-0.2, 0) is 0 Å². The van der Waals surface area contributed by atoms with Gasteiger partial charge >= 0.3 is 85.0 Å². The Bertz CT molecular complexity index is 210. The van der Waals surface area contributed by atoms with E-state index in [1.165, 1.54) is 96.3 Å². The first-order valence-corrected chi connectivity index (χ1v) is 9.83. The van der Waals surface area contributed by atoms with Crippen LogP contribution in [0.2, 0.25) is 0 Å². The average Bonchev–Trinajstić information content (AvgIpc) is 2.47. The van der Waals surface area contributed by atoms with Gasteiger partial charge in [0.05, 0.1) is 0 Å². The SMILES string of the molecule is P#CCCCCCCCCCCCCCCCCCCl. The molecule has 0 N–H and O–H groups in total. The average molecular weight is 317 g/mol. The van der Waals surface area contributed by atoms with Gasteiger partial charge in [0.1, 0.15) is 0 Å². The van der Waals surface area contributed by atoms with Crippen LogP contribution in [0.15, 0.2) is 0 Å². The third-order valence-electron chi connectivity index (χ3n) is 3.92. The van der Waals surface area contributed by atoms with E-state index in [-0.39, 0.29) is 0 Å². The first-order valence-electron chi connectivity index (χ1n) is 8.84. The van der Waals surface area contributed by atoms with Crippen LogP contribution in [0.1, 0.15) is 103 Å². The van der Waals surface area contributed by atoms with Crippen LogP contribution >= 0.6 is 20.3 Å². The van der Waals surface area contributed by atoms with Crippen molar-refractivity contribution in [3.8, 4) is 5.63 Å². The fraction of sp³-hybridized carbons (Fsp3) is 0.944. The van der Waals surface area contributed by atoms with Crippen LogP contribution in [0, 0.1) is 5.63 Å². The second-order valence-corrected chi connectivity index (χ2v) is 6.59. The molecule has 0 atom stereocenters. The van der Waals surface area contributed by atoms with E-state index in [0.717, 1.165) is 12.3 Å². The molecule has 0 aliphatic heterocycles. The molecule has 0 aromatic heterocycles. The Balaban J connectivity index is 2.91. The number of hydrogen-bond acceptors (Lipinski definition) is 0. The van der Waals surface area contributed by atoms with Crippen LogP contribution in [0.3, 0.4) is 0 Å². The van der Waals surface area contributed by atoms with E-state index in [1.54, 1.807) is 0 Å². The normalized spacial score (nSPS) is 10.6. The van der Waals surface area contributed by atoms with Crippen molar-refractivity contribution in [1.29, 1.82) is 0 Å². The minimum Gasteiger partial charge on any atom is -0.127 e. The van der Waals surface area contributed by atoms with Gasteiger partial charge in [0.25, 0.3) is 0 Å². The van der Waals surface area contributed by atoms with E-state index in [1.807, 2.05) is 0 Å². The van der Waals surface area contributed by atoms with Gasteiger partial charge in [0.2, 0.25) is 0 Å². The molecule has 0 radical (unpaired) electrons. The van der Waals surface area contributed by atoms with Gasteiger partial charge in [-0.05, 0) is 6.42 Å². The molecule has 20 heavy (non-hydrogen) atoms. The molecule has 0 heterocycles. The van der Waals surface area contributed by atoms with E-state index in [9.17, 15) is 0 Å². The van der Waals surface area contributed by atoms with Gasteiger partial charge in [-0.3, -0.25) is 0 Å². The molecule has 0 aromatic rings. The summed E-state index contributed by atoms with van der Waals surface area (Å²) in [5.41, 5.74) is 2.91. The maximum atomic E-state index is 5.66. The molecule has 0 fully saturated rings. The zero-order chi connectivity index (χ0) is 14.7. The van der Waals surface area contributed by atoms with Crippen LogP contribution in [0.25, 0.3) is 0 Å². The molecule has 0 spiro atoms. The molecule has 0 aromatic carbocycles. The molecule has 0 aliphatic rings. The molecular formula is C18H34ClP. The van der Waals surface area contributed by atoms with Crippen LogP contribution in [0.4, 0.5) is 0 Å². The predicted octanol–water partition coefficient (Wildman–Crippen LogP) is 7.84. The van der Waals surface area contributed by atoms with Gasteiger partial charge in [0.15, 0.2) is 0 Å².